The van der Waals surface area contributed by atoms with Crippen LogP contribution in [0.3, 0.4) is 0 Å². The Morgan fingerprint density at radius 3 is 2.67 bits per heavy atom. The van der Waals surface area contributed by atoms with Crippen molar-refractivity contribution in [3.63, 3.8) is 0 Å². The summed E-state index contributed by atoms with van der Waals surface area (Å²) < 4.78 is 11.4. The minimum atomic E-state index is -0.324. The molecule has 1 saturated heterocycles. The number of para-hydroxylation sites is 1. The molecule has 0 spiro atoms. The van der Waals surface area contributed by atoms with E-state index in [0.29, 0.717) is 33.7 Å². The number of benzene rings is 3. The molecule has 4 rings (SSSR count). The molecule has 2 N–H and O–H groups in total. The Hall–Kier alpha value is -3.75. The van der Waals surface area contributed by atoms with Gasteiger partial charge >= 0.3 is 0 Å². The lowest BCUT2D eigenvalue weighted by Crippen LogP contribution is -2.20. The van der Waals surface area contributed by atoms with E-state index in [2.05, 4.69) is 15.6 Å². The first-order valence-electron chi connectivity index (χ1n) is 11.2. The van der Waals surface area contributed by atoms with Crippen LogP contribution in [0, 0.1) is 6.92 Å². The molecule has 184 valence electrons. The van der Waals surface area contributed by atoms with Crippen LogP contribution in [0.5, 0.6) is 11.5 Å². The van der Waals surface area contributed by atoms with Gasteiger partial charge < -0.3 is 20.1 Å². The van der Waals surface area contributed by atoms with E-state index >= 15 is 0 Å². The molecule has 0 aliphatic carbocycles. The standard InChI is InChI=1S/C27H24ClN3O4S/c1-3-34-22-14-18(15-23-26(33)31-27(36-23)30-19-9-5-4-6-10-19)13-21(28)25(22)35-16-24(32)29-20-11-7-8-17(2)12-20/h4-15H,3,16H2,1-2H3,(H,29,32)(H,30,31,33)/b23-15-. The molecular weight excluding hydrogens is 498 g/mol. The number of amidine groups is 1. The molecule has 7 nitrogen and oxygen atoms in total. The summed E-state index contributed by atoms with van der Waals surface area (Å²) >= 11 is 7.73. The smallest absolute Gasteiger partial charge is 0.264 e. The third-order valence-corrected chi connectivity index (χ3v) is 6.11. The molecule has 0 aromatic heterocycles. The summed E-state index contributed by atoms with van der Waals surface area (Å²) in [5, 5.41) is 6.32. The summed E-state index contributed by atoms with van der Waals surface area (Å²) in [5.41, 5.74) is 3.12. The van der Waals surface area contributed by atoms with E-state index in [1.54, 1.807) is 24.3 Å². The molecule has 1 aliphatic rings. The van der Waals surface area contributed by atoms with Gasteiger partial charge in [0.05, 0.1) is 22.2 Å². The second kappa shape index (κ2) is 11.8. The Balaban J connectivity index is 1.49. The van der Waals surface area contributed by atoms with Crippen LogP contribution in [0.25, 0.3) is 6.08 Å². The van der Waals surface area contributed by atoms with Gasteiger partial charge in [-0.25, -0.2) is 4.99 Å². The van der Waals surface area contributed by atoms with Crippen molar-refractivity contribution in [2.24, 2.45) is 4.99 Å². The van der Waals surface area contributed by atoms with Crippen LogP contribution in [-0.4, -0.2) is 30.2 Å². The highest BCUT2D eigenvalue weighted by Crippen LogP contribution is 2.38. The number of thioether (sulfide) groups is 1. The Bertz CT molecular complexity index is 1340. The molecule has 0 radical (unpaired) electrons. The number of amides is 2. The van der Waals surface area contributed by atoms with E-state index in [-0.39, 0.29) is 29.2 Å². The average Bonchev–Trinajstić information content (AvgIpc) is 3.17. The van der Waals surface area contributed by atoms with Gasteiger partial charge in [0.15, 0.2) is 23.3 Å². The fourth-order valence-electron chi connectivity index (χ4n) is 3.38. The van der Waals surface area contributed by atoms with Crippen LogP contribution in [0.15, 0.2) is 76.6 Å². The highest BCUT2D eigenvalue weighted by molar-refractivity contribution is 8.18. The summed E-state index contributed by atoms with van der Waals surface area (Å²) in [5.74, 6) is 0.0585. The summed E-state index contributed by atoms with van der Waals surface area (Å²) in [7, 11) is 0. The quantitative estimate of drug-likeness (QED) is 0.357. The first-order chi connectivity index (χ1) is 17.4. The van der Waals surface area contributed by atoms with Crippen LogP contribution in [0.1, 0.15) is 18.1 Å². The Morgan fingerprint density at radius 2 is 1.92 bits per heavy atom. The number of anilines is 1. The van der Waals surface area contributed by atoms with Crippen molar-refractivity contribution in [2.45, 2.75) is 13.8 Å². The van der Waals surface area contributed by atoms with Crippen LogP contribution >= 0.6 is 23.4 Å². The number of aryl methyl sites for hydroxylation is 1. The Morgan fingerprint density at radius 1 is 1.11 bits per heavy atom. The van der Waals surface area contributed by atoms with E-state index in [1.807, 2.05) is 62.4 Å². The zero-order chi connectivity index (χ0) is 25.5. The number of halogens is 1. The molecule has 0 saturated carbocycles. The molecule has 0 bridgehead atoms. The fraction of sp³-hybridized carbons (Fsp3) is 0.148. The number of hydrogen-bond acceptors (Lipinski definition) is 6. The first kappa shape index (κ1) is 25.3. The molecule has 0 atom stereocenters. The number of rotatable bonds is 8. The number of carbonyl (C=O) groups is 2. The number of aliphatic imine (C=N–C) groups is 1. The number of carbonyl (C=O) groups excluding carboxylic acids is 2. The molecule has 3 aromatic rings. The number of hydrogen-bond donors (Lipinski definition) is 2. The van der Waals surface area contributed by atoms with E-state index in [0.717, 1.165) is 11.3 Å². The SMILES string of the molecule is CCOc1cc(/C=C2\SC(=Nc3ccccc3)NC2=O)cc(Cl)c1OCC(=O)Nc1cccc(C)c1. The monoisotopic (exact) mass is 521 g/mol. The lowest BCUT2D eigenvalue weighted by atomic mass is 10.2. The number of ether oxygens (including phenoxy) is 2. The third kappa shape index (κ3) is 6.68. The summed E-state index contributed by atoms with van der Waals surface area (Å²) in [6.45, 7) is 3.90. The maximum Gasteiger partial charge on any atom is 0.264 e. The van der Waals surface area contributed by atoms with Gasteiger partial charge in [0.2, 0.25) is 0 Å². The molecule has 1 fully saturated rings. The van der Waals surface area contributed by atoms with Gasteiger partial charge in [0, 0.05) is 5.69 Å². The predicted octanol–water partition coefficient (Wildman–Crippen LogP) is 5.96. The molecule has 9 heteroatoms. The van der Waals surface area contributed by atoms with Crippen molar-refractivity contribution in [3.05, 3.63) is 87.8 Å². The normalized spacial score (nSPS) is 15.1. The zero-order valence-corrected chi connectivity index (χ0v) is 21.3. The average molecular weight is 522 g/mol. The highest BCUT2D eigenvalue weighted by Gasteiger charge is 2.24. The molecule has 1 aliphatic heterocycles. The van der Waals surface area contributed by atoms with Gasteiger partial charge in [0.25, 0.3) is 11.8 Å². The van der Waals surface area contributed by atoms with Crippen molar-refractivity contribution < 1.29 is 19.1 Å². The number of nitrogens with zero attached hydrogens (tertiary/aromatic N) is 1. The summed E-state index contributed by atoms with van der Waals surface area (Å²) in [6.07, 6.45) is 1.70. The topological polar surface area (TPSA) is 89.0 Å². The molecule has 36 heavy (non-hydrogen) atoms. The van der Waals surface area contributed by atoms with E-state index in [4.69, 9.17) is 21.1 Å². The lowest BCUT2D eigenvalue weighted by Gasteiger charge is -2.14. The van der Waals surface area contributed by atoms with E-state index < -0.39 is 0 Å². The highest BCUT2D eigenvalue weighted by atomic mass is 35.5. The second-order valence-corrected chi connectivity index (χ2v) is 9.22. The fourth-order valence-corrected chi connectivity index (χ4v) is 4.50. The minimum Gasteiger partial charge on any atom is -0.490 e. The zero-order valence-electron chi connectivity index (χ0n) is 19.7. The maximum absolute atomic E-state index is 12.5. The lowest BCUT2D eigenvalue weighted by molar-refractivity contribution is -0.118. The Kier molecular flexibility index (Phi) is 8.30. The van der Waals surface area contributed by atoms with Gasteiger partial charge in [-0.05, 0) is 79.2 Å². The van der Waals surface area contributed by atoms with Gasteiger partial charge in [0.1, 0.15) is 0 Å². The first-order valence-corrected chi connectivity index (χ1v) is 12.4. The van der Waals surface area contributed by atoms with Crippen LogP contribution in [0.2, 0.25) is 5.02 Å². The van der Waals surface area contributed by atoms with Crippen molar-refractivity contribution in [2.75, 3.05) is 18.5 Å². The molecule has 2 amide bonds. The van der Waals surface area contributed by atoms with Crippen molar-refractivity contribution in [3.8, 4) is 11.5 Å². The van der Waals surface area contributed by atoms with Crippen molar-refractivity contribution >= 4 is 57.8 Å². The van der Waals surface area contributed by atoms with Gasteiger partial charge in [-0.2, -0.15) is 0 Å². The molecule has 3 aromatic carbocycles. The van der Waals surface area contributed by atoms with Crippen molar-refractivity contribution in [1.29, 1.82) is 0 Å². The van der Waals surface area contributed by atoms with E-state index in [9.17, 15) is 9.59 Å². The van der Waals surface area contributed by atoms with Crippen LogP contribution < -0.4 is 20.1 Å². The van der Waals surface area contributed by atoms with Crippen molar-refractivity contribution in [1.82, 2.24) is 5.32 Å². The van der Waals surface area contributed by atoms with Gasteiger partial charge in [-0.1, -0.05) is 41.9 Å². The third-order valence-electron chi connectivity index (χ3n) is 4.92. The minimum absolute atomic E-state index is 0.244. The van der Waals surface area contributed by atoms with E-state index in [1.165, 1.54) is 11.8 Å². The second-order valence-electron chi connectivity index (χ2n) is 7.79. The number of nitrogens with one attached hydrogen (secondary N) is 2. The van der Waals surface area contributed by atoms with Gasteiger partial charge in [-0.15, -0.1) is 0 Å². The van der Waals surface area contributed by atoms with Crippen LogP contribution in [-0.2, 0) is 9.59 Å². The van der Waals surface area contributed by atoms with Gasteiger partial charge in [-0.3, -0.25) is 9.59 Å². The van der Waals surface area contributed by atoms with Crippen LogP contribution in [0.4, 0.5) is 11.4 Å². The predicted molar refractivity (Wildman–Crippen MR) is 145 cm³/mol. The largest absolute Gasteiger partial charge is 0.490 e. The summed E-state index contributed by atoms with van der Waals surface area (Å²) in [4.78, 5) is 29.8. The molecule has 1 heterocycles. The molecular formula is C27H24ClN3O4S. The summed E-state index contributed by atoms with van der Waals surface area (Å²) in [6, 6.07) is 20.2. The Labute approximate surface area is 218 Å². The molecule has 0 unspecified atom stereocenters. The maximum atomic E-state index is 12.5.